The molecule has 3 aromatic rings. The smallest absolute Gasteiger partial charge is 0.167 e. The maximum Gasteiger partial charge on any atom is 0.167 e. The van der Waals surface area contributed by atoms with E-state index in [1.165, 1.54) is 6.26 Å². The Morgan fingerprint density at radius 2 is 1.75 bits per heavy atom. The van der Waals surface area contributed by atoms with Crippen molar-refractivity contribution >= 4 is 0 Å². The summed E-state index contributed by atoms with van der Waals surface area (Å²) >= 11 is 0. The summed E-state index contributed by atoms with van der Waals surface area (Å²) in [4.78, 5) is 0. The average Bonchev–Trinajstić information content (AvgIpc) is 3.01. The highest BCUT2D eigenvalue weighted by atomic mass is 16.5. The first-order valence-corrected chi connectivity index (χ1v) is 4.86. The van der Waals surface area contributed by atoms with Gasteiger partial charge in [0.05, 0.1) is 0 Å². The topological polar surface area (TPSA) is 52.1 Å². The highest BCUT2D eigenvalue weighted by molar-refractivity contribution is 5.63. The predicted molar refractivity (Wildman–Crippen MR) is 57.4 cm³/mol. The van der Waals surface area contributed by atoms with Crippen molar-refractivity contribution in [2.24, 2.45) is 0 Å². The molecule has 0 aliphatic carbocycles. The number of hydrogen-bond donors (Lipinski definition) is 0. The first-order valence-electron chi connectivity index (χ1n) is 4.86. The van der Waals surface area contributed by atoms with Crippen LogP contribution in [0.2, 0.25) is 0 Å². The summed E-state index contributed by atoms with van der Waals surface area (Å²) in [5, 5.41) is 7.73. The van der Waals surface area contributed by atoms with Gasteiger partial charge in [0.15, 0.2) is 5.76 Å². The van der Waals surface area contributed by atoms with Crippen LogP contribution in [0.15, 0.2) is 57.8 Å². The van der Waals surface area contributed by atoms with Crippen LogP contribution in [0.25, 0.3) is 22.7 Å². The first kappa shape index (κ1) is 8.91. The average molecular weight is 212 g/mol. The molecule has 16 heavy (non-hydrogen) atoms. The summed E-state index contributed by atoms with van der Waals surface area (Å²) in [5.41, 5.74) is 2.34. The van der Waals surface area contributed by atoms with Gasteiger partial charge in [-0.15, -0.1) is 0 Å². The molecule has 0 saturated heterocycles. The molecular weight excluding hydrogens is 204 g/mol. The third-order valence-corrected chi connectivity index (χ3v) is 2.27. The van der Waals surface area contributed by atoms with E-state index in [4.69, 9.17) is 9.05 Å². The lowest BCUT2D eigenvalue weighted by atomic mass is 10.1. The monoisotopic (exact) mass is 212 g/mol. The minimum atomic E-state index is 0.672. The van der Waals surface area contributed by atoms with Crippen molar-refractivity contribution in [1.29, 1.82) is 0 Å². The Bertz CT molecular complexity index is 570. The van der Waals surface area contributed by atoms with E-state index in [-0.39, 0.29) is 0 Å². The lowest BCUT2D eigenvalue weighted by molar-refractivity contribution is 0.417. The SMILES string of the molecule is c1ccc(-c2cc(-c3ccon3)no2)cc1. The summed E-state index contributed by atoms with van der Waals surface area (Å²) in [6.45, 7) is 0. The van der Waals surface area contributed by atoms with Crippen molar-refractivity contribution in [3.8, 4) is 22.7 Å². The molecule has 0 spiro atoms. The van der Waals surface area contributed by atoms with Crippen molar-refractivity contribution < 1.29 is 9.05 Å². The minimum Gasteiger partial charge on any atom is -0.364 e. The van der Waals surface area contributed by atoms with E-state index in [0.29, 0.717) is 11.4 Å². The maximum absolute atomic E-state index is 5.24. The molecule has 0 amide bonds. The van der Waals surface area contributed by atoms with Gasteiger partial charge in [0, 0.05) is 17.7 Å². The fourth-order valence-electron chi connectivity index (χ4n) is 1.48. The predicted octanol–water partition coefficient (Wildman–Crippen LogP) is 3.00. The molecule has 1 aromatic carbocycles. The second-order valence-electron chi connectivity index (χ2n) is 3.33. The Kier molecular flexibility index (Phi) is 2.04. The van der Waals surface area contributed by atoms with Gasteiger partial charge in [-0.2, -0.15) is 0 Å². The zero-order valence-corrected chi connectivity index (χ0v) is 8.33. The van der Waals surface area contributed by atoms with Crippen molar-refractivity contribution in [2.45, 2.75) is 0 Å². The zero-order chi connectivity index (χ0) is 10.8. The molecule has 3 rings (SSSR count). The number of nitrogens with zero attached hydrogens (tertiary/aromatic N) is 2. The second-order valence-corrected chi connectivity index (χ2v) is 3.33. The molecule has 78 valence electrons. The number of rotatable bonds is 2. The van der Waals surface area contributed by atoms with Crippen molar-refractivity contribution in [3.63, 3.8) is 0 Å². The number of hydrogen-bond acceptors (Lipinski definition) is 4. The molecule has 4 heteroatoms. The van der Waals surface area contributed by atoms with Gasteiger partial charge in [-0.25, -0.2) is 0 Å². The summed E-state index contributed by atoms with van der Waals surface area (Å²) in [5.74, 6) is 0.721. The van der Waals surface area contributed by atoms with E-state index in [1.54, 1.807) is 6.07 Å². The lowest BCUT2D eigenvalue weighted by Crippen LogP contribution is -1.73. The van der Waals surface area contributed by atoms with Gasteiger partial charge in [-0.3, -0.25) is 0 Å². The molecule has 0 N–H and O–H groups in total. The molecule has 0 saturated carbocycles. The zero-order valence-electron chi connectivity index (χ0n) is 8.33. The van der Waals surface area contributed by atoms with Crippen LogP contribution in [-0.4, -0.2) is 10.3 Å². The van der Waals surface area contributed by atoms with E-state index < -0.39 is 0 Å². The van der Waals surface area contributed by atoms with Crippen LogP contribution in [0.5, 0.6) is 0 Å². The standard InChI is InChI=1S/C12H8N2O2/c1-2-4-9(5-3-1)12-8-11(14-16-12)10-6-7-15-13-10/h1-8H. The summed E-state index contributed by atoms with van der Waals surface area (Å²) in [7, 11) is 0. The van der Waals surface area contributed by atoms with E-state index in [0.717, 1.165) is 11.3 Å². The van der Waals surface area contributed by atoms with Crippen molar-refractivity contribution in [3.05, 3.63) is 48.7 Å². The molecule has 0 aliphatic rings. The molecule has 4 nitrogen and oxygen atoms in total. The van der Waals surface area contributed by atoms with Crippen molar-refractivity contribution in [1.82, 2.24) is 10.3 Å². The van der Waals surface area contributed by atoms with Crippen LogP contribution in [0.3, 0.4) is 0 Å². The highest BCUT2D eigenvalue weighted by Crippen LogP contribution is 2.24. The molecule has 2 heterocycles. The third-order valence-electron chi connectivity index (χ3n) is 2.27. The fourth-order valence-corrected chi connectivity index (χ4v) is 1.48. The van der Waals surface area contributed by atoms with Crippen LogP contribution in [0.4, 0.5) is 0 Å². The van der Waals surface area contributed by atoms with Crippen LogP contribution < -0.4 is 0 Å². The van der Waals surface area contributed by atoms with Crippen LogP contribution >= 0.6 is 0 Å². The third kappa shape index (κ3) is 1.50. The van der Waals surface area contributed by atoms with Crippen molar-refractivity contribution in [2.75, 3.05) is 0 Å². The Morgan fingerprint density at radius 3 is 2.50 bits per heavy atom. The Balaban J connectivity index is 2.00. The summed E-state index contributed by atoms with van der Waals surface area (Å²) in [6.07, 6.45) is 1.51. The van der Waals surface area contributed by atoms with Gasteiger partial charge >= 0.3 is 0 Å². The first-order chi connectivity index (χ1) is 7.93. The Morgan fingerprint density at radius 1 is 0.875 bits per heavy atom. The molecular formula is C12H8N2O2. The molecule has 0 bridgehead atoms. The molecule has 2 aromatic heterocycles. The maximum atomic E-state index is 5.24. The van der Waals surface area contributed by atoms with Crippen LogP contribution in [-0.2, 0) is 0 Å². The normalized spacial score (nSPS) is 10.5. The van der Waals surface area contributed by atoms with E-state index in [9.17, 15) is 0 Å². The second kappa shape index (κ2) is 3.66. The molecule has 0 fully saturated rings. The van der Waals surface area contributed by atoms with E-state index in [2.05, 4.69) is 10.3 Å². The molecule has 0 atom stereocenters. The van der Waals surface area contributed by atoms with E-state index in [1.807, 2.05) is 36.4 Å². The molecule has 0 unspecified atom stereocenters. The molecule has 0 radical (unpaired) electrons. The Labute approximate surface area is 91.5 Å². The van der Waals surface area contributed by atoms with Gasteiger partial charge in [-0.05, 0) is 0 Å². The quantitative estimate of drug-likeness (QED) is 0.655. The van der Waals surface area contributed by atoms with Gasteiger partial charge in [0.2, 0.25) is 0 Å². The van der Waals surface area contributed by atoms with Gasteiger partial charge in [0.1, 0.15) is 17.7 Å². The highest BCUT2D eigenvalue weighted by Gasteiger charge is 2.09. The van der Waals surface area contributed by atoms with Gasteiger partial charge in [-0.1, -0.05) is 40.6 Å². The number of aromatic nitrogens is 2. The largest absolute Gasteiger partial charge is 0.364 e. The summed E-state index contributed by atoms with van der Waals surface area (Å²) < 4.78 is 10.00. The molecule has 0 aliphatic heterocycles. The Hall–Kier alpha value is -2.36. The summed E-state index contributed by atoms with van der Waals surface area (Å²) in [6, 6.07) is 13.4. The minimum absolute atomic E-state index is 0.672. The van der Waals surface area contributed by atoms with Gasteiger partial charge in [0.25, 0.3) is 0 Å². The number of benzene rings is 1. The van der Waals surface area contributed by atoms with E-state index >= 15 is 0 Å². The lowest BCUT2D eigenvalue weighted by Gasteiger charge is -1.91. The van der Waals surface area contributed by atoms with Crippen LogP contribution in [0.1, 0.15) is 0 Å². The fraction of sp³-hybridized carbons (Fsp3) is 0. The van der Waals surface area contributed by atoms with Crippen LogP contribution in [0, 0.1) is 0 Å². The van der Waals surface area contributed by atoms with Gasteiger partial charge < -0.3 is 9.05 Å².